The van der Waals surface area contributed by atoms with E-state index in [1.54, 1.807) is 12.1 Å². The summed E-state index contributed by atoms with van der Waals surface area (Å²) in [6.45, 7) is 1.82. The Morgan fingerprint density at radius 1 is 1.32 bits per heavy atom. The van der Waals surface area contributed by atoms with E-state index < -0.39 is 0 Å². The van der Waals surface area contributed by atoms with Gasteiger partial charge in [-0.25, -0.2) is 4.98 Å². The fourth-order valence-corrected chi connectivity index (χ4v) is 3.07. The van der Waals surface area contributed by atoms with Crippen LogP contribution in [0.1, 0.15) is 47.8 Å². The zero-order valence-corrected chi connectivity index (χ0v) is 12.4. The minimum absolute atomic E-state index is 0.107. The Morgan fingerprint density at radius 3 is 2.91 bits per heavy atom. The summed E-state index contributed by atoms with van der Waals surface area (Å²) in [4.78, 5) is 20.3. The predicted molar refractivity (Wildman–Crippen MR) is 83.1 cm³/mol. The molecule has 6 nitrogen and oxygen atoms in total. The molecule has 1 aromatic heterocycles. The Labute approximate surface area is 128 Å². The second-order valence-electron chi connectivity index (χ2n) is 6.27. The van der Waals surface area contributed by atoms with Gasteiger partial charge in [-0.3, -0.25) is 4.79 Å². The van der Waals surface area contributed by atoms with Crippen molar-refractivity contribution in [1.29, 1.82) is 0 Å². The quantitative estimate of drug-likeness (QED) is 0.693. The Kier molecular flexibility index (Phi) is 3.26. The first-order chi connectivity index (χ1) is 10.7. The van der Waals surface area contributed by atoms with E-state index in [1.807, 2.05) is 0 Å². The minimum atomic E-state index is -0.107. The summed E-state index contributed by atoms with van der Waals surface area (Å²) in [5.41, 5.74) is 1.69. The highest BCUT2D eigenvalue weighted by atomic mass is 16.3. The number of nitrogens with zero attached hydrogens (tertiary/aromatic N) is 1. The van der Waals surface area contributed by atoms with Crippen molar-refractivity contribution in [2.24, 2.45) is 0 Å². The van der Waals surface area contributed by atoms with Gasteiger partial charge in [-0.15, -0.1) is 0 Å². The molecule has 1 amide bonds. The molecule has 6 heteroatoms. The number of amides is 1. The first kappa shape index (κ1) is 13.6. The molecule has 0 radical (unpaired) electrons. The van der Waals surface area contributed by atoms with Crippen LogP contribution in [0.25, 0.3) is 11.0 Å². The molecule has 4 N–H and O–H groups in total. The molecule has 1 atom stereocenters. The maximum Gasteiger partial charge on any atom is 0.253 e. The summed E-state index contributed by atoms with van der Waals surface area (Å²) in [6, 6.07) is 3.38. The van der Waals surface area contributed by atoms with Crippen molar-refractivity contribution in [2.75, 3.05) is 13.1 Å². The fourth-order valence-electron chi connectivity index (χ4n) is 3.07. The molecular formula is C16H20N4O2. The van der Waals surface area contributed by atoms with Gasteiger partial charge in [0.2, 0.25) is 0 Å². The van der Waals surface area contributed by atoms with Crippen LogP contribution in [-0.2, 0) is 0 Å². The first-order valence-electron chi connectivity index (χ1n) is 7.95. The van der Waals surface area contributed by atoms with E-state index in [9.17, 15) is 9.90 Å². The summed E-state index contributed by atoms with van der Waals surface area (Å²) in [5.74, 6) is 1.34. The number of aromatic hydroxyl groups is 1. The number of phenols is 1. The molecule has 116 valence electrons. The average Bonchev–Trinajstić information content (AvgIpc) is 3.28. The van der Waals surface area contributed by atoms with E-state index in [-0.39, 0.29) is 17.7 Å². The van der Waals surface area contributed by atoms with E-state index in [0.717, 1.165) is 44.6 Å². The van der Waals surface area contributed by atoms with Crippen LogP contribution in [-0.4, -0.2) is 40.1 Å². The number of imidazole rings is 1. The van der Waals surface area contributed by atoms with Gasteiger partial charge in [0.15, 0.2) is 0 Å². The first-order valence-corrected chi connectivity index (χ1v) is 7.95. The molecule has 0 unspecified atom stereocenters. The lowest BCUT2D eigenvalue weighted by molar-refractivity contribution is 0.0932. The number of benzene rings is 1. The number of nitrogens with one attached hydrogen (secondary N) is 3. The summed E-state index contributed by atoms with van der Waals surface area (Å²) in [5, 5.41) is 16.4. The van der Waals surface area contributed by atoms with Crippen molar-refractivity contribution in [1.82, 2.24) is 20.6 Å². The normalized spacial score (nSPS) is 21.9. The highest BCUT2D eigenvalue weighted by Gasteiger charge is 2.28. The third-order valence-electron chi connectivity index (χ3n) is 4.48. The molecule has 0 spiro atoms. The van der Waals surface area contributed by atoms with Crippen LogP contribution in [0.15, 0.2) is 12.1 Å². The molecule has 0 bridgehead atoms. The Bertz CT molecular complexity index is 714. The van der Waals surface area contributed by atoms with E-state index in [0.29, 0.717) is 22.5 Å². The van der Waals surface area contributed by atoms with Gasteiger partial charge in [0.05, 0.1) is 11.1 Å². The zero-order valence-electron chi connectivity index (χ0n) is 12.4. The van der Waals surface area contributed by atoms with E-state index >= 15 is 0 Å². The molecule has 2 aromatic rings. The third-order valence-corrected chi connectivity index (χ3v) is 4.48. The van der Waals surface area contributed by atoms with Gasteiger partial charge in [0.1, 0.15) is 17.1 Å². The van der Waals surface area contributed by atoms with Crippen molar-refractivity contribution in [3.05, 3.63) is 23.5 Å². The Balaban J connectivity index is 1.65. The fraction of sp³-hybridized carbons (Fsp3) is 0.500. The number of aromatic amines is 1. The number of carbonyl (C=O) groups excluding carboxylic acids is 1. The van der Waals surface area contributed by atoms with Gasteiger partial charge in [0.25, 0.3) is 5.91 Å². The van der Waals surface area contributed by atoms with Crippen molar-refractivity contribution in [3.8, 4) is 5.75 Å². The monoisotopic (exact) mass is 300 g/mol. The van der Waals surface area contributed by atoms with Crippen LogP contribution >= 0.6 is 0 Å². The van der Waals surface area contributed by atoms with E-state index in [2.05, 4.69) is 20.6 Å². The van der Waals surface area contributed by atoms with Crippen molar-refractivity contribution in [2.45, 2.75) is 37.6 Å². The van der Waals surface area contributed by atoms with Gasteiger partial charge in [-0.05, 0) is 44.4 Å². The Hall–Kier alpha value is -2.08. The number of rotatable bonds is 3. The molecule has 4 rings (SSSR count). The summed E-state index contributed by atoms with van der Waals surface area (Å²) < 4.78 is 0. The SMILES string of the molecule is O=C(N[C@H]1CCCNC1)c1ccc(O)c2nc(C3CC3)[nH]c12. The average molecular weight is 300 g/mol. The number of hydrogen-bond acceptors (Lipinski definition) is 4. The molecule has 1 aliphatic carbocycles. The largest absolute Gasteiger partial charge is 0.506 e. The molecular weight excluding hydrogens is 280 g/mol. The molecule has 1 aliphatic heterocycles. The lowest BCUT2D eigenvalue weighted by Crippen LogP contribution is -2.45. The standard InChI is InChI=1S/C16H20N4O2/c21-12-6-5-11(16(22)18-10-2-1-7-17-8-10)13-14(12)20-15(19-13)9-3-4-9/h5-6,9-10,17,21H,1-4,7-8H2,(H,18,22)(H,19,20)/t10-/m0/s1. The minimum Gasteiger partial charge on any atom is -0.506 e. The zero-order chi connectivity index (χ0) is 15.1. The van der Waals surface area contributed by atoms with Gasteiger partial charge < -0.3 is 20.7 Å². The highest BCUT2D eigenvalue weighted by Crippen LogP contribution is 2.40. The number of aromatic nitrogens is 2. The van der Waals surface area contributed by atoms with Crippen LogP contribution in [0.3, 0.4) is 0 Å². The molecule has 1 saturated carbocycles. The predicted octanol–water partition coefficient (Wildman–Crippen LogP) is 1.63. The lowest BCUT2D eigenvalue weighted by Gasteiger charge is -2.23. The van der Waals surface area contributed by atoms with Gasteiger partial charge in [-0.1, -0.05) is 0 Å². The van der Waals surface area contributed by atoms with E-state index in [1.165, 1.54) is 0 Å². The molecule has 2 heterocycles. The summed E-state index contributed by atoms with van der Waals surface area (Å²) in [6.07, 6.45) is 4.31. The second kappa shape index (κ2) is 5.28. The van der Waals surface area contributed by atoms with Crippen LogP contribution in [0, 0.1) is 0 Å². The number of phenolic OH excluding ortho intramolecular Hbond substituents is 1. The smallest absolute Gasteiger partial charge is 0.253 e. The number of piperidine rings is 1. The van der Waals surface area contributed by atoms with Gasteiger partial charge in [-0.2, -0.15) is 0 Å². The van der Waals surface area contributed by atoms with Crippen molar-refractivity contribution in [3.63, 3.8) is 0 Å². The van der Waals surface area contributed by atoms with Gasteiger partial charge >= 0.3 is 0 Å². The third kappa shape index (κ3) is 2.43. The van der Waals surface area contributed by atoms with Crippen LogP contribution in [0.2, 0.25) is 0 Å². The van der Waals surface area contributed by atoms with Crippen molar-refractivity contribution < 1.29 is 9.90 Å². The number of H-pyrrole nitrogens is 1. The van der Waals surface area contributed by atoms with Crippen molar-refractivity contribution >= 4 is 16.9 Å². The van der Waals surface area contributed by atoms with Crippen LogP contribution in [0.5, 0.6) is 5.75 Å². The van der Waals surface area contributed by atoms with Crippen LogP contribution in [0.4, 0.5) is 0 Å². The highest BCUT2D eigenvalue weighted by molar-refractivity contribution is 6.06. The Morgan fingerprint density at radius 2 is 2.18 bits per heavy atom. The van der Waals surface area contributed by atoms with Gasteiger partial charge in [0, 0.05) is 18.5 Å². The maximum atomic E-state index is 12.6. The molecule has 1 saturated heterocycles. The topological polar surface area (TPSA) is 90.0 Å². The molecule has 2 fully saturated rings. The molecule has 22 heavy (non-hydrogen) atoms. The maximum absolute atomic E-state index is 12.6. The summed E-state index contributed by atoms with van der Waals surface area (Å²) >= 11 is 0. The number of fused-ring (bicyclic) bond motifs is 1. The van der Waals surface area contributed by atoms with Crippen LogP contribution < -0.4 is 10.6 Å². The second-order valence-corrected chi connectivity index (χ2v) is 6.27. The summed E-state index contributed by atoms with van der Waals surface area (Å²) in [7, 11) is 0. The van der Waals surface area contributed by atoms with E-state index in [4.69, 9.17) is 0 Å². The number of hydrogen-bond donors (Lipinski definition) is 4. The molecule has 1 aromatic carbocycles. The molecule has 2 aliphatic rings. The lowest BCUT2D eigenvalue weighted by atomic mass is 10.1. The number of carbonyl (C=O) groups is 1.